The Balaban J connectivity index is 1.56. The summed E-state index contributed by atoms with van der Waals surface area (Å²) in [4.78, 5) is 25.9. The molecule has 172 valence electrons. The number of nitrogens with zero attached hydrogens (tertiary/aromatic N) is 5. The number of amides is 1. The van der Waals surface area contributed by atoms with Crippen LogP contribution in [-0.4, -0.2) is 30.6 Å². The number of aryl methyl sites for hydroxylation is 1. The van der Waals surface area contributed by atoms with Gasteiger partial charge in [0.2, 0.25) is 0 Å². The molecular weight excluding hydrogens is 458 g/mol. The van der Waals surface area contributed by atoms with Crippen LogP contribution in [0.4, 0.5) is 5.82 Å². The Hall–Kier alpha value is -4.55. The lowest BCUT2D eigenvalue weighted by Gasteiger charge is -2.18. The Morgan fingerprint density at radius 1 is 1.17 bits per heavy atom. The van der Waals surface area contributed by atoms with Crippen molar-refractivity contribution in [1.29, 1.82) is 0 Å². The summed E-state index contributed by atoms with van der Waals surface area (Å²) in [5, 5.41) is 9.16. The predicted octanol–water partition coefficient (Wildman–Crippen LogP) is 3.96. The van der Waals surface area contributed by atoms with Crippen LogP contribution < -0.4 is 11.1 Å². The van der Waals surface area contributed by atoms with Crippen molar-refractivity contribution < 1.29 is 4.79 Å². The molecular formula is C26H21N7OS. The summed E-state index contributed by atoms with van der Waals surface area (Å²) in [6, 6.07) is 11.6. The van der Waals surface area contributed by atoms with Gasteiger partial charge in [-0.3, -0.25) is 9.48 Å². The number of nitrogens with one attached hydrogen (secondary N) is 1. The number of thiophene rings is 1. The number of hydrogen-bond acceptors (Lipinski definition) is 7. The number of nitrogen functional groups attached to an aromatic ring is 1. The first-order valence-electron chi connectivity index (χ1n) is 10.8. The van der Waals surface area contributed by atoms with Crippen LogP contribution in [-0.2, 0) is 7.05 Å². The van der Waals surface area contributed by atoms with E-state index in [2.05, 4.69) is 38.3 Å². The molecule has 0 fully saturated rings. The summed E-state index contributed by atoms with van der Waals surface area (Å²) >= 11 is 1.57. The lowest BCUT2D eigenvalue weighted by Crippen LogP contribution is -2.29. The Morgan fingerprint density at radius 3 is 2.71 bits per heavy atom. The number of benzene rings is 1. The van der Waals surface area contributed by atoms with Gasteiger partial charge >= 0.3 is 0 Å². The summed E-state index contributed by atoms with van der Waals surface area (Å²) in [6.45, 7) is 1.91. The largest absolute Gasteiger partial charge is 0.382 e. The second-order valence-corrected chi connectivity index (χ2v) is 8.84. The molecule has 8 nitrogen and oxygen atoms in total. The van der Waals surface area contributed by atoms with Gasteiger partial charge in [-0.05, 0) is 13.0 Å². The number of pyridine rings is 1. The summed E-state index contributed by atoms with van der Waals surface area (Å²) < 4.78 is 2.70. The minimum atomic E-state index is -0.392. The first-order valence-corrected chi connectivity index (χ1v) is 11.7. The molecule has 0 spiro atoms. The van der Waals surface area contributed by atoms with E-state index in [4.69, 9.17) is 10.7 Å². The van der Waals surface area contributed by atoms with Crippen molar-refractivity contribution in [2.24, 2.45) is 7.05 Å². The minimum Gasteiger partial charge on any atom is -0.382 e. The zero-order valence-corrected chi connectivity index (χ0v) is 19.9. The van der Waals surface area contributed by atoms with Gasteiger partial charge in [0, 0.05) is 42.1 Å². The summed E-state index contributed by atoms with van der Waals surface area (Å²) in [6.07, 6.45) is 6.50. The van der Waals surface area contributed by atoms with E-state index in [0.717, 1.165) is 38.2 Å². The van der Waals surface area contributed by atoms with E-state index in [1.165, 1.54) is 12.4 Å². The molecule has 4 heterocycles. The van der Waals surface area contributed by atoms with Crippen molar-refractivity contribution in [3.63, 3.8) is 0 Å². The van der Waals surface area contributed by atoms with Gasteiger partial charge in [0.15, 0.2) is 11.5 Å². The number of carbonyl (C=O) groups is 1. The molecule has 0 bridgehead atoms. The van der Waals surface area contributed by atoms with Crippen molar-refractivity contribution in [3.8, 4) is 23.1 Å². The number of aromatic nitrogens is 5. The van der Waals surface area contributed by atoms with E-state index in [0.29, 0.717) is 0 Å². The van der Waals surface area contributed by atoms with E-state index < -0.39 is 5.91 Å². The molecule has 35 heavy (non-hydrogen) atoms. The quantitative estimate of drug-likeness (QED) is 0.378. The maximum absolute atomic E-state index is 12.8. The Morgan fingerprint density at radius 2 is 1.97 bits per heavy atom. The van der Waals surface area contributed by atoms with Gasteiger partial charge in [0.05, 0.1) is 39.3 Å². The fraction of sp³-hybridized carbons (Fsp3) is 0.115. The second kappa shape index (κ2) is 9.37. The van der Waals surface area contributed by atoms with Crippen molar-refractivity contribution in [1.82, 2.24) is 30.0 Å². The van der Waals surface area contributed by atoms with Crippen LogP contribution >= 0.6 is 11.3 Å². The summed E-state index contributed by atoms with van der Waals surface area (Å²) in [7, 11) is 1.86. The molecule has 0 saturated heterocycles. The standard InChI is InChI=1S/C26H21N7OS/c1-16(31-26(34)24-25(27)29-11-10-28-24)20-12-21-23(32-22(20)18-6-4-3-5-7-18)19(15-35-21)9-8-17-13-30-33(2)14-17/h3-7,10-16H,1-2H3,(H2,27,29)(H,31,34)/t16-/m0/s1. The molecule has 1 aromatic carbocycles. The molecule has 3 N–H and O–H groups in total. The van der Waals surface area contributed by atoms with Crippen LogP contribution in [0.2, 0.25) is 0 Å². The van der Waals surface area contributed by atoms with E-state index in [1.54, 1.807) is 22.2 Å². The zero-order valence-electron chi connectivity index (χ0n) is 19.1. The molecule has 0 saturated carbocycles. The van der Waals surface area contributed by atoms with Gasteiger partial charge in [-0.1, -0.05) is 42.2 Å². The zero-order chi connectivity index (χ0) is 24.4. The number of nitrogens with two attached hydrogens (primary N) is 1. The minimum absolute atomic E-state index is 0.0872. The van der Waals surface area contributed by atoms with Crippen molar-refractivity contribution in [2.45, 2.75) is 13.0 Å². The molecule has 0 unspecified atom stereocenters. The van der Waals surface area contributed by atoms with E-state index in [1.807, 2.05) is 55.9 Å². The highest BCUT2D eigenvalue weighted by Crippen LogP contribution is 2.34. The van der Waals surface area contributed by atoms with E-state index >= 15 is 0 Å². The van der Waals surface area contributed by atoms with E-state index in [9.17, 15) is 4.79 Å². The Kier molecular flexibility index (Phi) is 5.95. The Bertz CT molecular complexity index is 1590. The highest BCUT2D eigenvalue weighted by molar-refractivity contribution is 7.17. The van der Waals surface area contributed by atoms with Gasteiger partial charge < -0.3 is 11.1 Å². The van der Waals surface area contributed by atoms with Gasteiger partial charge in [-0.2, -0.15) is 5.10 Å². The highest BCUT2D eigenvalue weighted by atomic mass is 32.1. The van der Waals surface area contributed by atoms with Gasteiger partial charge in [0.25, 0.3) is 5.91 Å². The van der Waals surface area contributed by atoms with Crippen molar-refractivity contribution in [3.05, 3.63) is 88.9 Å². The number of hydrogen-bond donors (Lipinski definition) is 2. The number of rotatable bonds is 4. The SMILES string of the molecule is C[C@H](NC(=O)c1nccnc1N)c1cc2scc(C#Cc3cnn(C)c3)c2nc1-c1ccccc1. The van der Waals surface area contributed by atoms with Crippen LogP contribution in [0.1, 0.15) is 40.1 Å². The van der Waals surface area contributed by atoms with Crippen LogP contribution in [0.15, 0.2) is 66.6 Å². The molecule has 1 amide bonds. The lowest BCUT2D eigenvalue weighted by atomic mass is 10.00. The Labute approximate surface area is 205 Å². The first kappa shape index (κ1) is 22.3. The third-order valence-corrected chi connectivity index (χ3v) is 6.34. The normalized spacial score (nSPS) is 11.6. The average molecular weight is 480 g/mol. The molecule has 4 aromatic heterocycles. The summed E-state index contributed by atoms with van der Waals surface area (Å²) in [5.41, 5.74) is 11.1. The molecule has 0 aliphatic heterocycles. The van der Waals surface area contributed by atoms with Crippen LogP contribution in [0.25, 0.3) is 21.5 Å². The third kappa shape index (κ3) is 4.60. The predicted molar refractivity (Wildman–Crippen MR) is 137 cm³/mol. The molecule has 5 aromatic rings. The molecule has 5 rings (SSSR count). The summed E-state index contributed by atoms with van der Waals surface area (Å²) in [5.74, 6) is 6.08. The van der Waals surface area contributed by atoms with Crippen molar-refractivity contribution in [2.75, 3.05) is 5.73 Å². The van der Waals surface area contributed by atoms with Gasteiger partial charge in [0.1, 0.15) is 0 Å². The highest BCUT2D eigenvalue weighted by Gasteiger charge is 2.21. The monoisotopic (exact) mass is 479 g/mol. The number of carbonyl (C=O) groups excluding carboxylic acids is 1. The maximum atomic E-state index is 12.8. The van der Waals surface area contributed by atoms with Gasteiger partial charge in [-0.15, -0.1) is 11.3 Å². The van der Waals surface area contributed by atoms with E-state index in [-0.39, 0.29) is 17.6 Å². The topological polar surface area (TPSA) is 112 Å². The second-order valence-electron chi connectivity index (χ2n) is 7.93. The molecule has 0 aliphatic carbocycles. The van der Waals surface area contributed by atoms with Crippen LogP contribution in [0.3, 0.4) is 0 Å². The maximum Gasteiger partial charge on any atom is 0.274 e. The third-order valence-electron chi connectivity index (χ3n) is 5.43. The molecule has 9 heteroatoms. The lowest BCUT2D eigenvalue weighted by molar-refractivity contribution is 0.0935. The fourth-order valence-electron chi connectivity index (χ4n) is 3.71. The smallest absolute Gasteiger partial charge is 0.274 e. The fourth-order valence-corrected chi connectivity index (χ4v) is 4.59. The first-order chi connectivity index (χ1) is 17.0. The number of fused-ring (bicyclic) bond motifs is 1. The molecule has 0 radical (unpaired) electrons. The average Bonchev–Trinajstić information content (AvgIpc) is 3.47. The number of anilines is 1. The van der Waals surface area contributed by atoms with Crippen LogP contribution in [0.5, 0.6) is 0 Å². The van der Waals surface area contributed by atoms with Crippen molar-refractivity contribution >= 4 is 33.3 Å². The van der Waals surface area contributed by atoms with Gasteiger partial charge in [-0.25, -0.2) is 15.0 Å². The van der Waals surface area contributed by atoms with Crippen LogP contribution in [0, 0.1) is 11.8 Å². The molecule has 0 aliphatic rings. The molecule has 1 atom stereocenters.